The molecule has 0 aliphatic rings. The fourth-order valence-electron chi connectivity index (χ4n) is 4.93. The van der Waals surface area contributed by atoms with E-state index in [1.54, 1.807) is 0 Å². The molecule has 0 radical (unpaired) electrons. The Bertz CT molecular complexity index is 763. The zero-order chi connectivity index (χ0) is 37.3. The van der Waals surface area contributed by atoms with E-state index in [1.165, 1.54) is 0 Å². The van der Waals surface area contributed by atoms with E-state index < -0.39 is 12.6 Å². The number of ether oxygens (including phenoxy) is 6. The Morgan fingerprint density at radius 3 is 0.961 bits per heavy atom. The second-order valence-electron chi connectivity index (χ2n) is 12.7. The first-order chi connectivity index (χ1) is 25.1. The van der Waals surface area contributed by atoms with Crippen molar-refractivity contribution in [2.24, 2.45) is 0 Å². The summed E-state index contributed by atoms with van der Waals surface area (Å²) >= 11 is 0. The van der Waals surface area contributed by atoms with Gasteiger partial charge in [0, 0.05) is 45.7 Å². The van der Waals surface area contributed by atoms with E-state index in [-0.39, 0.29) is 38.0 Å². The van der Waals surface area contributed by atoms with Crippen molar-refractivity contribution in [1.82, 2.24) is 0 Å². The van der Waals surface area contributed by atoms with Crippen LogP contribution >= 0.6 is 0 Å². The number of unbranched alkanes of at least 4 members (excludes halogenated alkanes) is 8. The first-order valence-electron chi connectivity index (χ1n) is 20.4. The van der Waals surface area contributed by atoms with Gasteiger partial charge in [-0.1, -0.05) is 76.3 Å². The summed E-state index contributed by atoms with van der Waals surface area (Å²) < 4.78 is 34.8. The highest BCUT2D eigenvalue weighted by atomic mass is 16.7. The Morgan fingerprint density at radius 2 is 0.686 bits per heavy atom. The standard InChI is InChI=1S/C43H76O8/c1-5-9-13-17-21-25-34-48-42(49-35-26-22-18-14-10-6-2)32-30-40(44)46-38-29-39-47-41(45)31-33-43(50-36-27-23-19-15-11-7-3)51-37-28-24-20-16-12-8-4/h9-16,42-43H,5-8,17-39H2,1-4H3/b13-9-,14-10-,15-11-,16-12-. The van der Waals surface area contributed by atoms with E-state index in [1.807, 2.05) is 0 Å². The smallest absolute Gasteiger partial charge is 0.305 e. The third kappa shape index (κ3) is 37.3. The minimum absolute atomic E-state index is 0.199. The Kier molecular flexibility index (Phi) is 38.7. The maximum atomic E-state index is 12.4. The fourth-order valence-corrected chi connectivity index (χ4v) is 4.93. The molecule has 0 atom stereocenters. The summed E-state index contributed by atoms with van der Waals surface area (Å²) in [5.74, 6) is -0.597. The SMILES string of the molecule is CC/C=C\CCCCOC(CCC(=O)OCCCOC(=O)CCC(OCCCC/C=C\CC)OCCCC/C=C\CC)OCCCC/C=C\CC. The molecule has 51 heavy (non-hydrogen) atoms. The van der Waals surface area contributed by atoms with Gasteiger partial charge in [0.25, 0.3) is 0 Å². The molecule has 296 valence electrons. The summed E-state index contributed by atoms with van der Waals surface area (Å²) in [6.45, 7) is 11.4. The van der Waals surface area contributed by atoms with Crippen molar-refractivity contribution in [3.63, 3.8) is 0 Å². The molecule has 0 aromatic carbocycles. The van der Waals surface area contributed by atoms with Crippen molar-refractivity contribution in [1.29, 1.82) is 0 Å². The summed E-state index contributed by atoms with van der Waals surface area (Å²) in [7, 11) is 0. The average Bonchev–Trinajstić information content (AvgIpc) is 3.13. The maximum absolute atomic E-state index is 12.4. The van der Waals surface area contributed by atoms with Crippen molar-refractivity contribution in [3.05, 3.63) is 48.6 Å². The molecule has 0 aromatic heterocycles. The molecule has 0 bridgehead atoms. The van der Waals surface area contributed by atoms with E-state index in [9.17, 15) is 9.59 Å². The third-order valence-electron chi connectivity index (χ3n) is 7.87. The number of allylic oxidation sites excluding steroid dienone is 8. The number of rotatable bonds is 38. The van der Waals surface area contributed by atoms with Gasteiger partial charge < -0.3 is 28.4 Å². The molecule has 0 saturated heterocycles. The summed E-state index contributed by atoms with van der Waals surface area (Å²) in [6, 6.07) is 0. The zero-order valence-corrected chi connectivity index (χ0v) is 33.1. The third-order valence-corrected chi connectivity index (χ3v) is 7.87. The highest BCUT2D eigenvalue weighted by molar-refractivity contribution is 5.69. The van der Waals surface area contributed by atoms with E-state index in [0.717, 1.165) is 103 Å². The lowest BCUT2D eigenvalue weighted by atomic mass is 10.2. The van der Waals surface area contributed by atoms with Crippen LogP contribution < -0.4 is 0 Å². The van der Waals surface area contributed by atoms with Crippen molar-refractivity contribution < 1.29 is 38.0 Å². The molecule has 0 heterocycles. The Morgan fingerprint density at radius 1 is 0.392 bits per heavy atom. The van der Waals surface area contributed by atoms with Crippen molar-refractivity contribution >= 4 is 11.9 Å². The van der Waals surface area contributed by atoms with Crippen LogP contribution in [-0.4, -0.2) is 64.2 Å². The summed E-state index contributed by atoms with van der Waals surface area (Å²) in [4.78, 5) is 24.9. The zero-order valence-electron chi connectivity index (χ0n) is 33.1. The molecule has 8 heteroatoms. The normalized spacial score (nSPS) is 12.2. The Balaban J connectivity index is 4.40. The van der Waals surface area contributed by atoms with Gasteiger partial charge in [-0.2, -0.15) is 0 Å². The molecule has 0 aliphatic heterocycles. The second kappa shape index (κ2) is 40.5. The summed E-state index contributed by atoms with van der Waals surface area (Å²) in [5, 5.41) is 0. The van der Waals surface area contributed by atoms with Gasteiger partial charge in [0.2, 0.25) is 0 Å². The average molecular weight is 721 g/mol. The number of hydrogen-bond donors (Lipinski definition) is 0. The van der Waals surface area contributed by atoms with Crippen molar-refractivity contribution in [3.8, 4) is 0 Å². The number of carbonyl (C=O) groups excluding carboxylic acids is 2. The topological polar surface area (TPSA) is 89.5 Å². The van der Waals surface area contributed by atoms with Gasteiger partial charge in [0.15, 0.2) is 12.6 Å². The molecule has 0 amide bonds. The summed E-state index contributed by atoms with van der Waals surface area (Å²) in [5.41, 5.74) is 0. The van der Waals surface area contributed by atoms with Gasteiger partial charge in [0.1, 0.15) is 0 Å². The van der Waals surface area contributed by atoms with Gasteiger partial charge >= 0.3 is 11.9 Å². The minimum atomic E-state index is -0.418. The largest absolute Gasteiger partial charge is 0.466 e. The first-order valence-corrected chi connectivity index (χ1v) is 20.4. The van der Waals surface area contributed by atoms with Gasteiger partial charge in [-0.25, -0.2) is 0 Å². The monoisotopic (exact) mass is 721 g/mol. The highest BCUT2D eigenvalue weighted by Crippen LogP contribution is 2.12. The van der Waals surface area contributed by atoms with Crippen LogP contribution in [-0.2, 0) is 38.0 Å². The first kappa shape index (κ1) is 48.7. The van der Waals surface area contributed by atoms with Crippen molar-refractivity contribution in [2.75, 3.05) is 39.6 Å². The van der Waals surface area contributed by atoms with Crippen LogP contribution in [0.2, 0.25) is 0 Å². The van der Waals surface area contributed by atoms with Gasteiger partial charge in [-0.15, -0.1) is 0 Å². The minimum Gasteiger partial charge on any atom is -0.466 e. The highest BCUT2D eigenvalue weighted by Gasteiger charge is 2.15. The molecular formula is C43H76O8. The molecule has 0 saturated carbocycles. The molecule has 0 unspecified atom stereocenters. The Labute approximate surface area is 312 Å². The van der Waals surface area contributed by atoms with Crippen molar-refractivity contribution in [2.45, 2.75) is 175 Å². The van der Waals surface area contributed by atoms with Crippen LogP contribution in [0.15, 0.2) is 48.6 Å². The van der Waals surface area contributed by atoms with Crippen LogP contribution in [0.1, 0.15) is 163 Å². The fraction of sp³-hybridized carbons (Fsp3) is 0.767. The van der Waals surface area contributed by atoms with Gasteiger partial charge in [-0.05, 0) is 103 Å². The Hall–Kier alpha value is -2.26. The van der Waals surface area contributed by atoms with Crippen LogP contribution in [0.5, 0.6) is 0 Å². The molecule has 0 aliphatic carbocycles. The quantitative estimate of drug-likeness (QED) is 0.0269. The molecule has 0 aromatic rings. The van der Waals surface area contributed by atoms with Crippen LogP contribution in [0.3, 0.4) is 0 Å². The van der Waals surface area contributed by atoms with E-state index in [0.29, 0.717) is 45.7 Å². The molecule has 8 nitrogen and oxygen atoms in total. The van der Waals surface area contributed by atoms with Crippen LogP contribution in [0, 0.1) is 0 Å². The number of esters is 2. The molecule has 0 fully saturated rings. The summed E-state index contributed by atoms with van der Waals surface area (Å²) in [6.07, 6.45) is 35.1. The second-order valence-corrected chi connectivity index (χ2v) is 12.7. The van der Waals surface area contributed by atoms with Crippen LogP contribution in [0.4, 0.5) is 0 Å². The lowest BCUT2D eigenvalue weighted by Gasteiger charge is -2.19. The lowest BCUT2D eigenvalue weighted by Crippen LogP contribution is -2.21. The predicted octanol–water partition coefficient (Wildman–Crippen LogP) is 11.3. The maximum Gasteiger partial charge on any atom is 0.305 e. The van der Waals surface area contributed by atoms with Gasteiger partial charge in [-0.3, -0.25) is 9.59 Å². The molecule has 0 spiro atoms. The molecule has 0 rings (SSSR count). The van der Waals surface area contributed by atoms with E-state index >= 15 is 0 Å². The predicted molar refractivity (Wildman–Crippen MR) is 210 cm³/mol. The number of carbonyl (C=O) groups is 2. The lowest BCUT2D eigenvalue weighted by molar-refractivity contribution is -0.161. The van der Waals surface area contributed by atoms with Crippen LogP contribution in [0.25, 0.3) is 0 Å². The van der Waals surface area contributed by atoms with E-state index in [2.05, 4.69) is 76.3 Å². The molecular weight excluding hydrogens is 644 g/mol. The number of hydrogen-bond acceptors (Lipinski definition) is 8. The van der Waals surface area contributed by atoms with E-state index in [4.69, 9.17) is 28.4 Å². The van der Waals surface area contributed by atoms with Gasteiger partial charge in [0.05, 0.1) is 26.1 Å². The molecule has 0 N–H and O–H groups in total.